The Balaban J connectivity index is 2.96. The number of rotatable bonds is 4. The highest BCUT2D eigenvalue weighted by molar-refractivity contribution is 5.95. The molecular formula is C11H12F3NO4. The summed E-state index contributed by atoms with van der Waals surface area (Å²) in [6.07, 6.45) is -3.73. The van der Waals surface area contributed by atoms with Crippen LogP contribution in [0.1, 0.15) is 34.8 Å². The maximum absolute atomic E-state index is 12.4. The minimum atomic E-state index is -4.54. The van der Waals surface area contributed by atoms with Crippen molar-refractivity contribution in [1.82, 2.24) is 4.90 Å². The van der Waals surface area contributed by atoms with Gasteiger partial charge in [0.2, 0.25) is 0 Å². The largest absolute Gasteiger partial charge is 0.478 e. The Kier molecular flexibility index (Phi) is 4.23. The van der Waals surface area contributed by atoms with Gasteiger partial charge in [-0.3, -0.25) is 4.79 Å². The molecule has 1 amide bonds. The fourth-order valence-electron chi connectivity index (χ4n) is 1.38. The van der Waals surface area contributed by atoms with Gasteiger partial charge in [0.05, 0.1) is 5.56 Å². The first-order valence-corrected chi connectivity index (χ1v) is 5.31. The molecule has 0 saturated heterocycles. The van der Waals surface area contributed by atoms with Gasteiger partial charge in [-0.1, -0.05) is 0 Å². The Bertz CT molecular complexity index is 479. The molecule has 0 fully saturated rings. The van der Waals surface area contributed by atoms with Crippen LogP contribution < -0.4 is 0 Å². The maximum atomic E-state index is 12.4. The third-order valence-electron chi connectivity index (χ3n) is 2.29. The third kappa shape index (κ3) is 4.01. The molecule has 0 saturated carbocycles. The first-order valence-electron chi connectivity index (χ1n) is 5.31. The van der Waals surface area contributed by atoms with Gasteiger partial charge in [0, 0.05) is 12.1 Å². The van der Waals surface area contributed by atoms with Gasteiger partial charge in [0.1, 0.15) is 12.8 Å². The molecule has 106 valence electrons. The molecule has 1 aromatic heterocycles. The van der Waals surface area contributed by atoms with Crippen LogP contribution in [0.25, 0.3) is 0 Å². The summed E-state index contributed by atoms with van der Waals surface area (Å²) >= 11 is 0. The lowest BCUT2D eigenvalue weighted by atomic mass is 10.2. The summed E-state index contributed by atoms with van der Waals surface area (Å²) in [5.74, 6) is -2.76. The van der Waals surface area contributed by atoms with Crippen molar-refractivity contribution >= 4 is 11.9 Å². The summed E-state index contributed by atoms with van der Waals surface area (Å²) in [6, 6.07) is 0.198. The molecule has 0 bridgehead atoms. The van der Waals surface area contributed by atoms with Crippen LogP contribution in [0.15, 0.2) is 16.7 Å². The van der Waals surface area contributed by atoms with Crippen molar-refractivity contribution in [3.05, 3.63) is 23.7 Å². The van der Waals surface area contributed by atoms with E-state index in [1.165, 1.54) is 13.8 Å². The Morgan fingerprint density at radius 3 is 2.37 bits per heavy atom. The van der Waals surface area contributed by atoms with E-state index < -0.39 is 36.4 Å². The van der Waals surface area contributed by atoms with Crippen molar-refractivity contribution in [2.75, 3.05) is 6.54 Å². The zero-order valence-electron chi connectivity index (χ0n) is 10.2. The molecule has 0 unspecified atom stereocenters. The highest BCUT2D eigenvalue weighted by Gasteiger charge is 2.35. The summed E-state index contributed by atoms with van der Waals surface area (Å²) in [7, 11) is 0. The van der Waals surface area contributed by atoms with Gasteiger partial charge >= 0.3 is 12.1 Å². The number of hydrogen-bond donors (Lipinski definition) is 1. The van der Waals surface area contributed by atoms with Crippen LogP contribution >= 0.6 is 0 Å². The summed E-state index contributed by atoms with van der Waals surface area (Å²) < 4.78 is 41.8. The number of carbonyl (C=O) groups is 2. The first-order chi connectivity index (χ1) is 8.61. The van der Waals surface area contributed by atoms with Crippen molar-refractivity contribution in [2.45, 2.75) is 26.1 Å². The van der Waals surface area contributed by atoms with Crippen molar-refractivity contribution in [1.29, 1.82) is 0 Å². The van der Waals surface area contributed by atoms with E-state index in [0.717, 1.165) is 12.3 Å². The van der Waals surface area contributed by atoms with Gasteiger partial charge < -0.3 is 14.4 Å². The van der Waals surface area contributed by atoms with Gasteiger partial charge in [0.25, 0.3) is 5.91 Å². The smallest absolute Gasteiger partial charge is 0.406 e. The number of hydrogen-bond acceptors (Lipinski definition) is 3. The molecule has 0 radical (unpaired) electrons. The van der Waals surface area contributed by atoms with E-state index in [2.05, 4.69) is 0 Å². The number of carbonyl (C=O) groups excluding carboxylic acids is 1. The van der Waals surface area contributed by atoms with Crippen LogP contribution in [0, 0.1) is 0 Å². The summed E-state index contributed by atoms with van der Waals surface area (Å²) in [5, 5.41) is 8.65. The highest BCUT2D eigenvalue weighted by atomic mass is 19.4. The number of furan rings is 1. The van der Waals surface area contributed by atoms with E-state index in [1.807, 2.05) is 0 Å². The molecular weight excluding hydrogens is 267 g/mol. The van der Waals surface area contributed by atoms with Crippen molar-refractivity contribution in [3.63, 3.8) is 0 Å². The van der Waals surface area contributed by atoms with Gasteiger partial charge in [-0.2, -0.15) is 13.2 Å². The molecule has 0 aliphatic rings. The zero-order valence-corrected chi connectivity index (χ0v) is 10.2. The Hall–Kier alpha value is -1.99. The second kappa shape index (κ2) is 5.33. The number of carboxylic acids is 1. The molecule has 8 heteroatoms. The predicted octanol–water partition coefficient (Wildman–Crippen LogP) is 2.39. The zero-order chi connectivity index (χ0) is 14.8. The van der Waals surface area contributed by atoms with E-state index in [1.54, 1.807) is 0 Å². The minimum absolute atomic E-state index is 0.293. The molecule has 0 atom stereocenters. The number of aromatic carboxylic acids is 1. The van der Waals surface area contributed by atoms with Crippen molar-refractivity contribution in [3.8, 4) is 0 Å². The minimum Gasteiger partial charge on any atom is -0.478 e. The highest BCUT2D eigenvalue weighted by Crippen LogP contribution is 2.20. The Labute approximate surface area is 106 Å². The van der Waals surface area contributed by atoms with Gasteiger partial charge in [-0.05, 0) is 13.8 Å². The third-order valence-corrected chi connectivity index (χ3v) is 2.29. The van der Waals surface area contributed by atoms with E-state index in [0.29, 0.717) is 4.90 Å². The second-order valence-electron chi connectivity index (χ2n) is 4.15. The van der Waals surface area contributed by atoms with Gasteiger partial charge in [-0.15, -0.1) is 0 Å². The van der Waals surface area contributed by atoms with E-state index in [4.69, 9.17) is 9.52 Å². The Morgan fingerprint density at radius 1 is 1.42 bits per heavy atom. The van der Waals surface area contributed by atoms with Crippen LogP contribution in [-0.2, 0) is 0 Å². The molecule has 0 aliphatic heterocycles. The lowest BCUT2D eigenvalue weighted by molar-refractivity contribution is -0.143. The van der Waals surface area contributed by atoms with Crippen LogP contribution in [-0.4, -0.2) is 40.6 Å². The number of amides is 1. The summed E-state index contributed by atoms with van der Waals surface area (Å²) in [4.78, 5) is 23.0. The molecule has 19 heavy (non-hydrogen) atoms. The van der Waals surface area contributed by atoms with Crippen molar-refractivity contribution < 1.29 is 32.3 Å². The second-order valence-corrected chi connectivity index (χ2v) is 4.15. The van der Waals surface area contributed by atoms with Gasteiger partial charge in [-0.25, -0.2) is 4.79 Å². The number of carboxylic acid groups (broad SMARTS) is 1. The molecule has 1 rings (SSSR count). The summed E-state index contributed by atoms with van der Waals surface area (Å²) in [6.45, 7) is 1.42. The molecule has 5 nitrogen and oxygen atoms in total. The SMILES string of the molecule is CC(C)N(CC(F)(F)F)C(=O)c1cc(C(=O)O)co1. The van der Waals surface area contributed by atoms with Crippen LogP contribution in [0.2, 0.25) is 0 Å². The van der Waals surface area contributed by atoms with Crippen molar-refractivity contribution in [2.24, 2.45) is 0 Å². The number of nitrogens with zero attached hydrogens (tertiary/aromatic N) is 1. The van der Waals surface area contributed by atoms with E-state index in [-0.39, 0.29) is 5.56 Å². The molecule has 1 N–H and O–H groups in total. The fourth-order valence-corrected chi connectivity index (χ4v) is 1.38. The monoisotopic (exact) mass is 279 g/mol. The Morgan fingerprint density at radius 2 is 2.00 bits per heavy atom. The standard InChI is InChI=1S/C11H12F3NO4/c1-6(2)15(5-11(12,13)14)9(16)8-3-7(4-19-8)10(17)18/h3-4,6H,5H2,1-2H3,(H,17,18). The quantitative estimate of drug-likeness (QED) is 0.918. The molecule has 0 spiro atoms. The topological polar surface area (TPSA) is 70.8 Å². The molecule has 0 aliphatic carbocycles. The van der Waals surface area contributed by atoms with E-state index in [9.17, 15) is 22.8 Å². The molecule has 1 aromatic rings. The van der Waals surface area contributed by atoms with Crippen LogP contribution in [0.3, 0.4) is 0 Å². The normalized spacial score (nSPS) is 11.7. The first kappa shape index (κ1) is 15.1. The predicted molar refractivity (Wildman–Crippen MR) is 57.9 cm³/mol. The lowest BCUT2D eigenvalue weighted by Gasteiger charge is -2.26. The van der Waals surface area contributed by atoms with E-state index >= 15 is 0 Å². The number of alkyl halides is 3. The average Bonchev–Trinajstić information content (AvgIpc) is 2.72. The van der Waals surface area contributed by atoms with Gasteiger partial charge in [0.15, 0.2) is 5.76 Å². The van der Waals surface area contributed by atoms with Crippen LogP contribution in [0.5, 0.6) is 0 Å². The van der Waals surface area contributed by atoms with Crippen LogP contribution in [0.4, 0.5) is 13.2 Å². The summed E-state index contributed by atoms with van der Waals surface area (Å²) in [5.41, 5.74) is -0.293. The molecule has 1 heterocycles. The lowest BCUT2D eigenvalue weighted by Crippen LogP contribution is -2.43. The molecule has 0 aromatic carbocycles. The average molecular weight is 279 g/mol. The fraction of sp³-hybridized carbons (Fsp3) is 0.455. The number of halogens is 3. The maximum Gasteiger partial charge on any atom is 0.406 e.